The maximum Gasteiger partial charge on any atom is 0.349 e. The Bertz CT molecular complexity index is 354. The molecule has 0 radical (unpaired) electrons. The first-order valence-corrected chi connectivity index (χ1v) is 5.74. The van der Waals surface area contributed by atoms with Crippen molar-refractivity contribution in [3.8, 4) is 5.75 Å². The Morgan fingerprint density at radius 2 is 2.19 bits per heavy atom. The molecular formula is C11H13IO4. The van der Waals surface area contributed by atoms with E-state index in [9.17, 15) is 4.79 Å². The van der Waals surface area contributed by atoms with Crippen LogP contribution in [0.2, 0.25) is 0 Å². The summed E-state index contributed by atoms with van der Waals surface area (Å²) in [6.45, 7) is 0.165. The molecule has 0 fully saturated rings. The van der Waals surface area contributed by atoms with Crippen LogP contribution >= 0.6 is 22.6 Å². The molecule has 0 bridgehead atoms. The Morgan fingerprint density at radius 1 is 1.44 bits per heavy atom. The summed E-state index contributed by atoms with van der Waals surface area (Å²) >= 11 is 2.17. The van der Waals surface area contributed by atoms with Gasteiger partial charge in [0.05, 0.1) is 13.7 Å². The summed E-state index contributed by atoms with van der Waals surface area (Å²) in [5, 5.41) is 0. The summed E-state index contributed by atoms with van der Waals surface area (Å²) in [7, 11) is 2.83. The lowest BCUT2D eigenvalue weighted by atomic mass is 10.3. The largest absolute Gasteiger partial charge is 0.476 e. The highest BCUT2D eigenvalue weighted by Gasteiger charge is 2.20. The van der Waals surface area contributed by atoms with Gasteiger partial charge in [-0.2, -0.15) is 0 Å². The van der Waals surface area contributed by atoms with Crippen LogP contribution in [0.3, 0.4) is 0 Å². The molecule has 5 heteroatoms. The molecule has 0 spiro atoms. The predicted molar refractivity (Wildman–Crippen MR) is 67.5 cm³/mol. The standard InChI is InChI=1S/C11H13IO4/c1-14-7-10(11(13)15-2)16-9-5-3-4-8(12)6-9/h3-6,10H,7H2,1-2H3. The van der Waals surface area contributed by atoms with Crippen LogP contribution < -0.4 is 4.74 Å². The van der Waals surface area contributed by atoms with Gasteiger partial charge in [0, 0.05) is 10.7 Å². The number of rotatable bonds is 5. The van der Waals surface area contributed by atoms with Gasteiger partial charge in [0.25, 0.3) is 0 Å². The van der Waals surface area contributed by atoms with Crippen LogP contribution in [0.15, 0.2) is 24.3 Å². The third-order valence-electron chi connectivity index (χ3n) is 1.86. The SMILES string of the molecule is COCC(Oc1cccc(I)c1)C(=O)OC. The molecule has 0 aromatic heterocycles. The first kappa shape index (κ1) is 13.2. The van der Waals surface area contributed by atoms with Crippen LogP contribution in [0.1, 0.15) is 0 Å². The first-order chi connectivity index (χ1) is 7.67. The van der Waals surface area contributed by atoms with Crippen molar-refractivity contribution in [1.29, 1.82) is 0 Å². The Kier molecular flexibility index (Phi) is 5.54. The molecule has 88 valence electrons. The van der Waals surface area contributed by atoms with Crippen molar-refractivity contribution in [2.24, 2.45) is 0 Å². The van der Waals surface area contributed by atoms with Crippen LogP contribution in [0.25, 0.3) is 0 Å². The number of carbonyl (C=O) groups is 1. The topological polar surface area (TPSA) is 44.8 Å². The summed E-state index contributed by atoms with van der Waals surface area (Å²) in [5.74, 6) is 0.181. The van der Waals surface area contributed by atoms with Crippen molar-refractivity contribution in [3.63, 3.8) is 0 Å². The molecule has 0 saturated heterocycles. The molecule has 0 heterocycles. The van der Waals surface area contributed by atoms with E-state index in [4.69, 9.17) is 9.47 Å². The quantitative estimate of drug-likeness (QED) is 0.608. The van der Waals surface area contributed by atoms with Gasteiger partial charge >= 0.3 is 5.97 Å². The minimum Gasteiger partial charge on any atom is -0.476 e. The number of halogens is 1. The number of methoxy groups -OCH3 is 2. The third kappa shape index (κ3) is 3.97. The lowest BCUT2D eigenvalue weighted by Gasteiger charge is -2.16. The molecule has 1 aromatic carbocycles. The molecule has 0 aliphatic carbocycles. The second-order valence-corrected chi connectivity index (χ2v) is 4.29. The number of hydrogen-bond acceptors (Lipinski definition) is 4. The molecule has 1 rings (SSSR count). The van der Waals surface area contributed by atoms with Gasteiger partial charge in [-0.15, -0.1) is 0 Å². The van der Waals surface area contributed by atoms with Crippen LogP contribution in [0.4, 0.5) is 0 Å². The maximum atomic E-state index is 11.4. The summed E-state index contributed by atoms with van der Waals surface area (Å²) in [6, 6.07) is 7.43. The lowest BCUT2D eigenvalue weighted by Crippen LogP contribution is -2.32. The second-order valence-electron chi connectivity index (χ2n) is 3.04. The molecule has 0 N–H and O–H groups in total. The van der Waals surface area contributed by atoms with Gasteiger partial charge in [0.15, 0.2) is 0 Å². The smallest absolute Gasteiger partial charge is 0.349 e. The Morgan fingerprint density at radius 3 is 2.75 bits per heavy atom. The molecule has 1 unspecified atom stereocenters. The lowest BCUT2D eigenvalue weighted by molar-refractivity contribution is -0.151. The van der Waals surface area contributed by atoms with Crippen LogP contribution in [0, 0.1) is 3.57 Å². The van der Waals surface area contributed by atoms with E-state index in [1.54, 1.807) is 6.07 Å². The Labute approximate surface area is 108 Å². The van der Waals surface area contributed by atoms with Crippen LogP contribution in [-0.2, 0) is 14.3 Å². The van der Waals surface area contributed by atoms with Crippen molar-refractivity contribution in [2.75, 3.05) is 20.8 Å². The van der Waals surface area contributed by atoms with Crippen molar-refractivity contribution in [3.05, 3.63) is 27.8 Å². The Hall–Kier alpha value is -0.820. The van der Waals surface area contributed by atoms with E-state index in [0.717, 1.165) is 3.57 Å². The Balaban J connectivity index is 2.71. The third-order valence-corrected chi connectivity index (χ3v) is 2.53. The molecule has 1 atom stereocenters. The van der Waals surface area contributed by atoms with E-state index in [1.807, 2.05) is 18.2 Å². The van der Waals surface area contributed by atoms with E-state index < -0.39 is 12.1 Å². The number of esters is 1. The summed E-state index contributed by atoms with van der Waals surface area (Å²) in [6.07, 6.45) is -0.729. The average Bonchev–Trinajstić information content (AvgIpc) is 2.27. The summed E-state index contributed by atoms with van der Waals surface area (Å²) in [5.41, 5.74) is 0. The second kappa shape index (κ2) is 6.70. The van der Waals surface area contributed by atoms with E-state index in [0.29, 0.717) is 5.75 Å². The van der Waals surface area contributed by atoms with Gasteiger partial charge in [0.1, 0.15) is 5.75 Å². The van der Waals surface area contributed by atoms with Crippen molar-refractivity contribution >= 4 is 28.6 Å². The highest BCUT2D eigenvalue weighted by Crippen LogP contribution is 2.16. The van der Waals surface area contributed by atoms with Crippen molar-refractivity contribution in [1.82, 2.24) is 0 Å². The minimum atomic E-state index is -0.729. The molecule has 16 heavy (non-hydrogen) atoms. The predicted octanol–water partition coefficient (Wildman–Crippen LogP) is 1.86. The van der Waals surface area contributed by atoms with Gasteiger partial charge in [-0.1, -0.05) is 6.07 Å². The summed E-state index contributed by atoms with van der Waals surface area (Å²) in [4.78, 5) is 11.4. The number of hydrogen-bond donors (Lipinski definition) is 0. The van der Waals surface area contributed by atoms with Gasteiger partial charge in [0.2, 0.25) is 6.10 Å². The van der Waals surface area contributed by atoms with Crippen LogP contribution in [-0.4, -0.2) is 32.9 Å². The van der Waals surface area contributed by atoms with Crippen molar-refractivity contribution in [2.45, 2.75) is 6.10 Å². The zero-order chi connectivity index (χ0) is 12.0. The molecule has 0 aliphatic heterocycles. The zero-order valence-electron chi connectivity index (χ0n) is 9.10. The summed E-state index contributed by atoms with van der Waals surface area (Å²) < 4.78 is 16.0. The van der Waals surface area contributed by atoms with Crippen molar-refractivity contribution < 1.29 is 19.0 Å². The van der Waals surface area contributed by atoms with Gasteiger partial charge in [-0.3, -0.25) is 0 Å². The van der Waals surface area contributed by atoms with E-state index in [2.05, 4.69) is 27.3 Å². The van der Waals surface area contributed by atoms with E-state index >= 15 is 0 Å². The van der Waals surface area contributed by atoms with Crippen LogP contribution in [0.5, 0.6) is 5.75 Å². The minimum absolute atomic E-state index is 0.165. The fourth-order valence-corrected chi connectivity index (χ4v) is 1.65. The molecule has 1 aromatic rings. The highest BCUT2D eigenvalue weighted by atomic mass is 127. The van der Waals surface area contributed by atoms with E-state index in [1.165, 1.54) is 14.2 Å². The normalized spacial score (nSPS) is 11.9. The molecule has 4 nitrogen and oxygen atoms in total. The van der Waals surface area contributed by atoms with Gasteiger partial charge in [-0.25, -0.2) is 4.79 Å². The fourth-order valence-electron chi connectivity index (χ4n) is 1.14. The highest BCUT2D eigenvalue weighted by molar-refractivity contribution is 14.1. The monoisotopic (exact) mass is 336 g/mol. The van der Waals surface area contributed by atoms with E-state index in [-0.39, 0.29) is 6.61 Å². The maximum absolute atomic E-state index is 11.4. The number of ether oxygens (including phenoxy) is 3. The van der Waals surface area contributed by atoms with Gasteiger partial charge in [-0.05, 0) is 40.8 Å². The first-order valence-electron chi connectivity index (χ1n) is 4.66. The molecule has 0 amide bonds. The molecule has 0 saturated carbocycles. The number of carbonyl (C=O) groups excluding carboxylic acids is 1. The molecule has 0 aliphatic rings. The zero-order valence-corrected chi connectivity index (χ0v) is 11.3. The van der Waals surface area contributed by atoms with Gasteiger partial charge < -0.3 is 14.2 Å². The number of benzene rings is 1. The fraction of sp³-hybridized carbons (Fsp3) is 0.364. The molecular weight excluding hydrogens is 323 g/mol. The average molecular weight is 336 g/mol.